The van der Waals surface area contributed by atoms with Crippen molar-refractivity contribution in [3.05, 3.63) is 251 Å². The molecule has 8 amide bonds. The van der Waals surface area contributed by atoms with Crippen molar-refractivity contribution in [2.45, 2.75) is 268 Å². The Balaban J connectivity index is 0.678. The third-order valence-corrected chi connectivity index (χ3v) is 26.4. The van der Waals surface area contributed by atoms with Crippen molar-refractivity contribution in [2.24, 2.45) is 0 Å². The van der Waals surface area contributed by atoms with Crippen molar-refractivity contribution in [1.29, 1.82) is 0 Å². The lowest BCUT2D eigenvalue weighted by Crippen LogP contribution is -2.65. The molecule has 5 saturated heterocycles. The first-order valence-electron chi connectivity index (χ1n) is 41.0. The van der Waals surface area contributed by atoms with Gasteiger partial charge in [-0.15, -0.1) is 0 Å². The minimum Gasteiger partial charge on any atom is -0.307 e. The lowest BCUT2D eigenvalue weighted by atomic mass is 9.65. The zero-order valence-electron chi connectivity index (χ0n) is 63.4. The van der Waals surface area contributed by atoms with Crippen LogP contribution < -0.4 is 43.5 Å². The molecule has 20 heteroatoms. The normalized spacial score (nSPS) is 23.5. The van der Waals surface area contributed by atoms with Crippen LogP contribution in [-0.4, -0.2) is 75.5 Å². The van der Waals surface area contributed by atoms with E-state index < -0.39 is 45.6 Å². The molecule has 7 aromatic rings. The average molecular weight is 1460 g/mol. The molecule has 5 aromatic carbocycles. The topological polar surface area (TPSA) is 217 Å². The number of hydrogen-bond acceptors (Lipinski definition) is 8. The number of urea groups is 4. The molecule has 564 valence electrons. The molecule has 0 spiro atoms. The second kappa shape index (κ2) is 28.4. The number of nitrogens with zero attached hydrogens (tertiary/aromatic N) is 8. The Bertz CT molecular complexity index is 4850. The van der Waals surface area contributed by atoms with Gasteiger partial charge >= 0.3 is 24.1 Å². The molecule has 10 heterocycles. The smallest absolute Gasteiger partial charge is 0.307 e. The van der Waals surface area contributed by atoms with Crippen LogP contribution in [0.1, 0.15) is 270 Å². The zero-order valence-corrected chi connectivity index (χ0v) is 63.4. The van der Waals surface area contributed by atoms with Crippen LogP contribution in [0, 0.1) is 0 Å². The van der Waals surface area contributed by atoms with Crippen molar-refractivity contribution < 1.29 is 19.2 Å². The van der Waals surface area contributed by atoms with Gasteiger partial charge in [-0.05, 0) is 120 Å². The summed E-state index contributed by atoms with van der Waals surface area (Å²) in [4.78, 5) is 130. The van der Waals surface area contributed by atoms with Crippen LogP contribution in [0.3, 0.4) is 0 Å². The summed E-state index contributed by atoms with van der Waals surface area (Å²) in [5, 5.41) is 13.4. The van der Waals surface area contributed by atoms with Gasteiger partial charge in [0.1, 0.15) is 0 Å². The summed E-state index contributed by atoms with van der Waals surface area (Å²) in [5.41, 5.74) is 6.63. The van der Waals surface area contributed by atoms with Gasteiger partial charge < -0.3 is 21.3 Å². The monoisotopic (exact) mass is 1460 g/mol. The van der Waals surface area contributed by atoms with Gasteiger partial charge in [-0.25, -0.2) is 37.9 Å². The van der Waals surface area contributed by atoms with E-state index in [0.29, 0.717) is 12.8 Å². The van der Waals surface area contributed by atoms with Gasteiger partial charge in [0, 0.05) is 69.4 Å². The third kappa shape index (κ3) is 11.0. The molecular formula is C88H104N12O8. The molecular weight excluding hydrogens is 1350 g/mol. The lowest BCUT2D eigenvalue weighted by Gasteiger charge is -2.50. The summed E-state index contributed by atoms with van der Waals surface area (Å²) in [6, 6.07) is 36.3. The molecule has 5 fully saturated rings. The van der Waals surface area contributed by atoms with Crippen molar-refractivity contribution in [2.75, 3.05) is 13.1 Å². The highest BCUT2D eigenvalue weighted by Crippen LogP contribution is 2.59. The number of amides is 8. The van der Waals surface area contributed by atoms with E-state index in [4.69, 9.17) is 0 Å². The minimum absolute atomic E-state index is 0.0331. The molecule has 108 heavy (non-hydrogen) atoms. The highest BCUT2D eigenvalue weighted by molar-refractivity contribution is 5.92. The Morgan fingerprint density at radius 2 is 0.546 bits per heavy atom. The van der Waals surface area contributed by atoms with E-state index in [1.54, 1.807) is 9.80 Å². The first-order valence-corrected chi connectivity index (χ1v) is 41.0. The number of allylic oxidation sites excluding steroid dienone is 1. The molecule has 0 saturated carbocycles. The molecule has 2 bridgehead atoms. The number of benzene rings is 5. The third-order valence-electron chi connectivity index (χ3n) is 26.4. The SMILES string of the molecule is CCCCCCCc1ccc(C23NC(=O)N4CC(=C5Cn6c(=O)c7c(c(=O)n6C5)[C@@H]5CC[C@H]7c6c5c(=O)n5n(c6=O)Cc6cc7c(cc6C5)CN5C(=O)NC6(c8ccc(CCCCCCC)cc8)NC(=O)N(C7)C56c5ccc(CCCCCCC)cc5)CN(C(=O)N2)C43c2ccc(CCCCCCC)cc2)cc1. The van der Waals surface area contributed by atoms with Crippen LogP contribution >= 0.6 is 0 Å². The molecule has 2 unspecified atom stereocenters. The number of fused-ring (bicyclic) bond motifs is 5. The summed E-state index contributed by atoms with van der Waals surface area (Å²) in [6.07, 6.45) is 27.8. The van der Waals surface area contributed by atoms with E-state index in [-0.39, 0.29) is 110 Å². The van der Waals surface area contributed by atoms with Crippen LogP contribution in [0.15, 0.2) is 140 Å². The number of aryl methyl sites for hydroxylation is 4. The van der Waals surface area contributed by atoms with E-state index in [1.165, 1.54) is 118 Å². The fourth-order valence-electron chi connectivity index (χ4n) is 20.8. The lowest BCUT2D eigenvalue weighted by molar-refractivity contribution is -0.0224. The quantitative estimate of drug-likeness (QED) is 0.0272. The number of hydrogen-bond donors (Lipinski definition) is 4. The predicted octanol–water partition coefficient (Wildman–Crippen LogP) is 14.0. The number of rotatable bonds is 28. The van der Waals surface area contributed by atoms with Crippen LogP contribution in [0.4, 0.5) is 19.2 Å². The maximum atomic E-state index is 15.6. The molecule has 20 nitrogen and oxygen atoms in total. The fourth-order valence-corrected chi connectivity index (χ4v) is 20.8. The maximum absolute atomic E-state index is 15.6. The Labute approximate surface area is 631 Å². The molecule has 0 radical (unpaired) electrons. The summed E-state index contributed by atoms with van der Waals surface area (Å²) < 4.78 is 5.96. The molecule has 11 aliphatic rings. The highest BCUT2D eigenvalue weighted by Gasteiger charge is 2.76. The van der Waals surface area contributed by atoms with Gasteiger partial charge in [0.15, 0.2) is 22.7 Å². The predicted molar refractivity (Wildman–Crippen MR) is 415 cm³/mol. The molecule has 2 aromatic heterocycles. The number of unbranched alkanes of at least 4 members (excludes halogenated alkanes) is 16. The van der Waals surface area contributed by atoms with Crippen LogP contribution in [0.5, 0.6) is 0 Å². The van der Waals surface area contributed by atoms with Gasteiger partial charge in [0.2, 0.25) is 0 Å². The van der Waals surface area contributed by atoms with Gasteiger partial charge in [0.05, 0.1) is 39.3 Å². The fraction of sp³-hybridized carbons (Fsp3) is 0.500. The van der Waals surface area contributed by atoms with E-state index in [1.807, 2.05) is 34.1 Å². The summed E-state index contributed by atoms with van der Waals surface area (Å²) in [5.74, 6) is -1.62. The molecule has 8 aliphatic heterocycles. The van der Waals surface area contributed by atoms with E-state index >= 15 is 38.4 Å². The van der Waals surface area contributed by atoms with Crippen LogP contribution in [0.25, 0.3) is 0 Å². The van der Waals surface area contributed by atoms with Gasteiger partial charge in [-0.2, -0.15) is 0 Å². The second-order valence-electron chi connectivity index (χ2n) is 32.7. The number of carbonyl (C=O) groups excluding carboxylic acids is 4. The van der Waals surface area contributed by atoms with Crippen LogP contribution in [0.2, 0.25) is 0 Å². The Kier molecular flexibility index (Phi) is 18.7. The van der Waals surface area contributed by atoms with Gasteiger partial charge in [0.25, 0.3) is 22.2 Å². The zero-order chi connectivity index (χ0) is 74.4. The Morgan fingerprint density at radius 1 is 0.296 bits per heavy atom. The molecule has 4 atom stereocenters. The van der Waals surface area contributed by atoms with E-state index in [2.05, 4.69) is 134 Å². The average Bonchev–Trinajstić information content (AvgIpc) is 1.51. The Hall–Kier alpha value is -9.72. The largest absolute Gasteiger partial charge is 0.322 e. The molecule has 4 N–H and O–H groups in total. The van der Waals surface area contributed by atoms with E-state index in [0.717, 1.165) is 133 Å². The summed E-state index contributed by atoms with van der Waals surface area (Å²) >= 11 is 0. The highest BCUT2D eigenvalue weighted by atomic mass is 16.2. The van der Waals surface area contributed by atoms with Crippen molar-refractivity contribution >= 4 is 24.1 Å². The summed E-state index contributed by atoms with van der Waals surface area (Å²) in [7, 11) is 0. The van der Waals surface area contributed by atoms with Crippen molar-refractivity contribution in [3.63, 3.8) is 0 Å². The standard InChI is InChI=1S/C88H104N12O8/c1-5-9-13-17-21-25-57-29-37-67(38-30-57)85-87(69-41-33-59(34-42-69)27-23-19-15-11-7-3)93(81(105)89-85)49-61-47-63-53-97-77(101)73-71-45-46-72(74(73)78(102)98(97)54-64(63)48-62(61)50-94(87)82(106)90-85)76-75(71)79(103)99-55-66(56-100(99)80(76)104)65-51-95-83(107)91-86(68-39-31-58(32-40-68)26-22-18-14-10-6-2)88(95,96(52-65)84(108)92-86)70-43-35-60(36-44-70)28-24-20-16-12-8-4/h29-44,47-48,71-72H,5-28,45-46,49-56H2,1-4H3,(H,89,105)(H,90,106)(H,91,107)(H,92,108)/t71-,72+,85?,86?,87?,88?. The minimum atomic E-state index is -1.39. The first-order chi connectivity index (χ1) is 52.6. The summed E-state index contributed by atoms with van der Waals surface area (Å²) in [6.45, 7) is 9.53. The second-order valence-corrected chi connectivity index (χ2v) is 32.7. The van der Waals surface area contributed by atoms with Crippen LogP contribution in [-0.2, 0) is 87.6 Å². The van der Waals surface area contributed by atoms with Gasteiger partial charge in [-0.3, -0.25) is 38.8 Å². The first kappa shape index (κ1) is 71.2. The molecule has 3 aliphatic carbocycles. The number of nitrogens with one attached hydrogen (secondary N) is 4. The van der Waals surface area contributed by atoms with Gasteiger partial charge in [-0.1, -0.05) is 240 Å². The van der Waals surface area contributed by atoms with Crippen molar-refractivity contribution in [1.82, 2.24) is 59.6 Å². The Morgan fingerprint density at radius 3 is 0.843 bits per heavy atom. The molecule has 18 rings (SSSR count). The number of aromatic nitrogens is 4. The maximum Gasteiger partial charge on any atom is 0.322 e. The van der Waals surface area contributed by atoms with Crippen molar-refractivity contribution in [3.8, 4) is 0 Å². The number of carbonyl (C=O) groups is 4. The van der Waals surface area contributed by atoms with E-state index in [9.17, 15) is 0 Å².